The smallest absolute Gasteiger partial charge is 0.261 e. The minimum atomic E-state index is 0.00921. The van der Waals surface area contributed by atoms with Crippen molar-refractivity contribution in [3.8, 4) is 10.4 Å². The van der Waals surface area contributed by atoms with Gasteiger partial charge in [-0.05, 0) is 37.5 Å². The molecule has 2 aromatic heterocycles. The quantitative estimate of drug-likeness (QED) is 0.881. The topological polar surface area (TPSA) is 38.3 Å². The van der Waals surface area contributed by atoms with Crippen molar-refractivity contribution in [1.82, 2.24) is 5.32 Å². The standard InChI is InChI=1S/C15H17NO2S2/c1-9-7-11-12(19-9)4-3-10-8-13(20-14(10)11)15(17)16-5-6-18-2/h7-8H,3-6H2,1-2H3,(H,16,17). The van der Waals surface area contributed by atoms with Crippen LogP contribution in [-0.4, -0.2) is 26.2 Å². The van der Waals surface area contributed by atoms with Gasteiger partial charge in [0.15, 0.2) is 0 Å². The number of hydrogen-bond acceptors (Lipinski definition) is 4. The van der Waals surface area contributed by atoms with Crippen LogP contribution in [-0.2, 0) is 17.6 Å². The molecule has 0 unspecified atom stereocenters. The van der Waals surface area contributed by atoms with E-state index in [1.807, 2.05) is 11.3 Å². The maximum Gasteiger partial charge on any atom is 0.261 e. The summed E-state index contributed by atoms with van der Waals surface area (Å²) in [5.74, 6) is 0.00921. The largest absolute Gasteiger partial charge is 0.383 e. The molecule has 0 aromatic carbocycles. The third-order valence-corrected chi connectivity index (χ3v) is 5.74. The van der Waals surface area contributed by atoms with Crippen molar-refractivity contribution in [1.29, 1.82) is 0 Å². The normalized spacial score (nSPS) is 12.9. The van der Waals surface area contributed by atoms with Gasteiger partial charge in [-0.3, -0.25) is 4.79 Å². The zero-order chi connectivity index (χ0) is 14.1. The SMILES string of the molecule is COCCNC(=O)c1cc2c(s1)-c1cc(C)sc1CC2. The lowest BCUT2D eigenvalue weighted by atomic mass is 9.98. The first kappa shape index (κ1) is 13.8. The highest BCUT2D eigenvalue weighted by molar-refractivity contribution is 7.18. The van der Waals surface area contributed by atoms with Gasteiger partial charge in [0, 0.05) is 33.8 Å². The lowest BCUT2D eigenvalue weighted by molar-refractivity contribution is 0.0941. The number of carbonyl (C=O) groups excluding carboxylic acids is 1. The zero-order valence-corrected chi connectivity index (χ0v) is 13.2. The Labute approximate surface area is 126 Å². The minimum absolute atomic E-state index is 0.00921. The Morgan fingerprint density at radius 1 is 1.35 bits per heavy atom. The number of nitrogens with one attached hydrogen (secondary N) is 1. The van der Waals surface area contributed by atoms with Gasteiger partial charge in [0.25, 0.3) is 5.91 Å². The van der Waals surface area contributed by atoms with Gasteiger partial charge in [-0.2, -0.15) is 0 Å². The average molecular weight is 307 g/mol. The van der Waals surface area contributed by atoms with Crippen LogP contribution >= 0.6 is 22.7 Å². The van der Waals surface area contributed by atoms with Crippen LogP contribution in [0.25, 0.3) is 10.4 Å². The van der Waals surface area contributed by atoms with Crippen molar-refractivity contribution < 1.29 is 9.53 Å². The van der Waals surface area contributed by atoms with Gasteiger partial charge < -0.3 is 10.1 Å². The van der Waals surface area contributed by atoms with E-state index in [0.29, 0.717) is 13.2 Å². The van der Waals surface area contributed by atoms with Crippen LogP contribution < -0.4 is 5.32 Å². The summed E-state index contributed by atoms with van der Waals surface area (Å²) in [6.07, 6.45) is 2.15. The first-order chi connectivity index (χ1) is 9.69. The van der Waals surface area contributed by atoms with E-state index in [1.54, 1.807) is 18.4 Å². The Kier molecular flexibility index (Phi) is 3.92. The molecule has 0 bridgehead atoms. The summed E-state index contributed by atoms with van der Waals surface area (Å²) in [5.41, 5.74) is 2.66. The van der Waals surface area contributed by atoms with Crippen LogP contribution in [0.2, 0.25) is 0 Å². The van der Waals surface area contributed by atoms with Crippen LogP contribution in [0.3, 0.4) is 0 Å². The van der Waals surface area contributed by atoms with E-state index in [4.69, 9.17) is 4.74 Å². The van der Waals surface area contributed by atoms with Crippen molar-refractivity contribution in [3.63, 3.8) is 0 Å². The van der Waals surface area contributed by atoms with Crippen LogP contribution in [0.4, 0.5) is 0 Å². The highest BCUT2D eigenvalue weighted by Gasteiger charge is 2.23. The summed E-state index contributed by atoms with van der Waals surface area (Å²) >= 11 is 3.49. The number of aryl methyl sites for hydroxylation is 3. The van der Waals surface area contributed by atoms with Gasteiger partial charge in [-0.15, -0.1) is 22.7 Å². The zero-order valence-electron chi connectivity index (χ0n) is 11.6. The molecule has 1 amide bonds. The van der Waals surface area contributed by atoms with E-state index in [-0.39, 0.29) is 5.91 Å². The van der Waals surface area contributed by atoms with Crippen molar-refractivity contribution in [2.45, 2.75) is 19.8 Å². The second kappa shape index (κ2) is 5.68. The Morgan fingerprint density at radius 3 is 3.00 bits per heavy atom. The van der Waals surface area contributed by atoms with Crippen LogP contribution in [0.15, 0.2) is 12.1 Å². The number of thiophene rings is 2. The molecule has 20 heavy (non-hydrogen) atoms. The number of amides is 1. The summed E-state index contributed by atoms with van der Waals surface area (Å²) in [7, 11) is 1.64. The van der Waals surface area contributed by atoms with Gasteiger partial charge >= 0.3 is 0 Å². The first-order valence-corrected chi connectivity index (χ1v) is 8.32. The molecule has 5 heteroatoms. The van der Waals surface area contributed by atoms with Gasteiger partial charge in [-0.1, -0.05) is 0 Å². The second-order valence-corrected chi connectivity index (χ2v) is 7.30. The second-order valence-electron chi connectivity index (χ2n) is 4.91. The van der Waals surface area contributed by atoms with Gasteiger partial charge in [0.05, 0.1) is 11.5 Å². The molecule has 3 nitrogen and oxygen atoms in total. The molecule has 0 radical (unpaired) electrons. The fourth-order valence-electron chi connectivity index (χ4n) is 2.50. The molecule has 1 aliphatic carbocycles. The van der Waals surface area contributed by atoms with Crippen molar-refractivity contribution >= 4 is 28.6 Å². The number of fused-ring (bicyclic) bond motifs is 3. The van der Waals surface area contributed by atoms with E-state index in [2.05, 4.69) is 24.4 Å². The fourth-order valence-corrected chi connectivity index (χ4v) is 4.77. The van der Waals surface area contributed by atoms with Crippen LogP contribution in [0.1, 0.15) is 25.0 Å². The summed E-state index contributed by atoms with van der Waals surface area (Å²) in [6.45, 7) is 3.25. The number of hydrogen-bond donors (Lipinski definition) is 1. The number of methoxy groups -OCH3 is 1. The third kappa shape index (κ3) is 2.53. The van der Waals surface area contributed by atoms with Gasteiger partial charge in [0.2, 0.25) is 0 Å². The lowest BCUT2D eigenvalue weighted by Crippen LogP contribution is -2.26. The summed E-state index contributed by atoms with van der Waals surface area (Å²) < 4.78 is 4.95. The van der Waals surface area contributed by atoms with Crippen molar-refractivity contribution in [2.75, 3.05) is 20.3 Å². The summed E-state index contributed by atoms with van der Waals surface area (Å²) in [5, 5.41) is 2.89. The van der Waals surface area contributed by atoms with E-state index in [9.17, 15) is 4.79 Å². The molecule has 106 valence electrons. The molecule has 0 saturated heterocycles. The molecule has 0 aliphatic heterocycles. The highest BCUT2D eigenvalue weighted by atomic mass is 32.1. The molecule has 0 atom stereocenters. The van der Waals surface area contributed by atoms with Crippen LogP contribution in [0, 0.1) is 6.92 Å². The highest BCUT2D eigenvalue weighted by Crippen LogP contribution is 2.43. The summed E-state index contributed by atoms with van der Waals surface area (Å²) in [4.78, 5) is 17.0. The van der Waals surface area contributed by atoms with Gasteiger partial charge in [-0.25, -0.2) is 0 Å². The molecule has 1 N–H and O–H groups in total. The Morgan fingerprint density at radius 2 is 2.20 bits per heavy atom. The number of carbonyl (C=O) groups is 1. The molecule has 1 aliphatic rings. The Bertz CT molecular complexity index is 642. The molecule has 3 rings (SSSR count). The van der Waals surface area contributed by atoms with E-state index in [0.717, 1.165) is 17.7 Å². The van der Waals surface area contributed by atoms with E-state index < -0.39 is 0 Å². The Hall–Kier alpha value is -1.17. The van der Waals surface area contributed by atoms with Crippen molar-refractivity contribution in [2.24, 2.45) is 0 Å². The molecular weight excluding hydrogens is 290 g/mol. The van der Waals surface area contributed by atoms with Crippen molar-refractivity contribution in [3.05, 3.63) is 32.3 Å². The Balaban J connectivity index is 1.84. The number of ether oxygens (including phenoxy) is 1. The lowest BCUT2D eigenvalue weighted by Gasteiger charge is -2.10. The minimum Gasteiger partial charge on any atom is -0.383 e. The molecule has 0 saturated carbocycles. The summed E-state index contributed by atoms with van der Waals surface area (Å²) in [6, 6.07) is 4.30. The first-order valence-electron chi connectivity index (χ1n) is 6.68. The molecule has 2 heterocycles. The predicted molar refractivity (Wildman–Crippen MR) is 84.0 cm³/mol. The maximum atomic E-state index is 12.1. The average Bonchev–Trinajstić information content (AvgIpc) is 3.00. The number of rotatable bonds is 4. The molecule has 0 fully saturated rings. The van der Waals surface area contributed by atoms with E-state index >= 15 is 0 Å². The van der Waals surface area contributed by atoms with E-state index in [1.165, 1.54) is 25.8 Å². The van der Waals surface area contributed by atoms with Gasteiger partial charge in [0.1, 0.15) is 0 Å². The molecule has 0 spiro atoms. The molecular formula is C15H17NO2S2. The predicted octanol–water partition coefficient (Wildman–Crippen LogP) is 3.26. The third-order valence-electron chi connectivity index (χ3n) is 3.42. The monoisotopic (exact) mass is 307 g/mol. The maximum absolute atomic E-state index is 12.1. The fraction of sp³-hybridized carbons (Fsp3) is 0.400. The van der Waals surface area contributed by atoms with Crippen LogP contribution in [0.5, 0.6) is 0 Å². The molecule has 2 aromatic rings.